The van der Waals surface area contributed by atoms with Crippen LogP contribution < -0.4 is 0 Å². The Morgan fingerprint density at radius 3 is 2.66 bits per heavy atom. The van der Waals surface area contributed by atoms with Crippen molar-refractivity contribution in [3.8, 4) is 0 Å². The van der Waals surface area contributed by atoms with Gasteiger partial charge < -0.3 is 19.7 Å². The molecule has 0 spiro atoms. The van der Waals surface area contributed by atoms with Crippen LogP contribution in [-0.2, 0) is 20.9 Å². The molecule has 0 radical (unpaired) electrons. The Morgan fingerprint density at radius 2 is 2.00 bits per heavy atom. The first kappa shape index (κ1) is 23.9. The molecule has 0 saturated carbocycles. The number of aromatic amines is 1. The molecule has 1 fully saturated rings. The van der Waals surface area contributed by atoms with Crippen molar-refractivity contribution in [2.75, 3.05) is 6.61 Å². The number of Topliss-reactive ketones (excluding diaryl/α,β-unsaturated/α-hetero) is 1. The van der Waals surface area contributed by atoms with Gasteiger partial charge in [0, 0.05) is 30.2 Å². The summed E-state index contributed by atoms with van der Waals surface area (Å²) in [4.78, 5) is 46.9. The summed E-state index contributed by atoms with van der Waals surface area (Å²) in [5.74, 6) is -3.34. The van der Waals surface area contributed by atoms with Crippen LogP contribution in [0, 0.1) is 19.7 Å². The number of rotatable bonds is 6. The fourth-order valence-corrected chi connectivity index (χ4v) is 4.40. The van der Waals surface area contributed by atoms with Crippen LogP contribution in [0.15, 0.2) is 54.4 Å². The van der Waals surface area contributed by atoms with E-state index in [2.05, 4.69) is 9.97 Å². The van der Waals surface area contributed by atoms with Crippen molar-refractivity contribution in [3.63, 3.8) is 0 Å². The number of ketones is 1. The number of carbonyl (C=O) groups is 3. The van der Waals surface area contributed by atoms with Gasteiger partial charge in [0.25, 0.3) is 11.7 Å². The van der Waals surface area contributed by atoms with Gasteiger partial charge in [-0.15, -0.1) is 0 Å². The molecule has 8 nitrogen and oxygen atoms in total. The summed E-state index contributed by atoms with van der Waals surface area (Å²) in [6.45, 7) is 5.10. The van der Waals surface area contributed by atoms with Crippen molar-refractivity contribution in [2.45, 2.75) is 33.4 Å². The number of aromatic nitrogens is 2. The highest BCUT2D eigenvalue weighted by Gasteiger charge is 2.46. The van der Waals surface area contributed by atoms with Crippen LogP contribution in [0.1, 0.15) is 51.4 Å². The molecule has 2 aromatic heterocycles. The van der Waals surface area contributed by atoms with E-state index >= 15 is 0 Å². The molecule has 1 atom stereocenters. The van der Waals surface area contributed by atoms with E-state index in [0.717, 1.165) is 0 Å². The number of nitrogens with zero attached hydrogens (tertiary/aromatic N) is 2. The highest BCUT2D eigenvalue weighted by Crippen LogP contribution is 2.41. The van der Waals surface area contributed by atoms with Crippen molar-refractivity contribution in [1.82, 2.24) is 14.9 Å². The molecule has 9 heteroatoms. The average Bonchev–Trinajstić information content (AvgIpc) is 3.27. The van der Waals surface area contributed by atoms with Gasteiger partial charge in [0.1, 0.15) is 17.3 Å². The van der Waals surface area contributed by atoms with Gasteiger partial charge in [0.05, 0.1) is 18.2 Å². The van der Waals surface area contributed by atoms with Gasteiger partial charge in [-0.3, -0.25) is 14.6 Å². The van der Waals surface area contributed by atoms with E-state index in [1.807, 2.05) is 0 Å². The molecule has 2 N–H and O–H groups in total. The second-order valence-corrected chi connectivity index (χ2v) is 8.19. The first-order valence-corrected chi connectivity index (χ1v) is 11.0. The number of likely N-dealkylation sites (tertiary alicyclic amines) is 1. The van der Waals surface area contributed by atoms with Crippen molar-refractivity contribution in [1.29, 1.82) is 0 Å². The third-order valence-corrected chi connectivity index (χ3v) is 5.93. The number of aliphatic hydroxyl groups is 1. The predicted molar refractivity (Wildman–Crippen MR) is 125 cm³/mol. The van der Waals surface area contributed by atoms with E-state index in [1.54, 1.807) is 51.4 Å². The molecule has 0 bridgehead atoms. The van der Waals surface area contributed by atoms with Gasteiger partial charge in [-0.25, -0.2) is 9.18 Å². The number of hydrogen-bond acceptors (Lipinski definition) is 6. The minimum absolute atomic E-state index is 0.0234. The molecule has 4 rings (SSSR count). The van der Waals surface area contributed by atoms with Crippen LogP contribution in [-0.4, -0.2) is 44.2 Å². The van der Waals surface area contributed by atoms with Gasteiger partial charge in [-0.1, -0.05) is 18.2 Å². The second-order valence-electron chi connectivity index (χ2n) is 8.19. The quantitative estimate of drug-likeness (QED) is 0.241. The van der Waals surface area contributed by atoms with Crippen molar-refractivity contribution in [3.05, 3.63) is 93.8 Å². The van der Waals surface area contributed by atoms with Crippen LogP contribution in [0.2, 0.25) is 0 Å². The summed E-state index contributed by atoms with van der Waals surface area (Å²) in [5.41, 5.74) is 1.94. The molecule has 1 aromatic carbocycles. The van der Waals surface area contributed by atoms with Crippen LogP contribution >= 0.6 is 0 Å². The van der Waals surface area contributed by atoms with Gasteiger partial charge in [0.15, 0.2) is 0 Å². The minimum atomic E-state index is -1.05. The van der Waals surface area contributed by atoms with E-state index in [1.165, 1.54) is 23.1 Å². The van der Waals surface area contributed by atoms with Gasteiger partial charge in [-0.2, -0.15) is 0 Å². The number of esters is 1. The molecular weight excluding hydrogens is 453 g/mol. The van der Waals surface area contributed by atoms with Crippen LogP contribution in [0.25, 0.3) is 5.76 Å². The summed E-state index contributed by atoms with van der Waals surface area (Å²) in [7, 11) is 0. The summed E-state index contributed by atoms with van der Waals surface area (Å²) in [6.07, 6.45) is 3.15. The zero-order chi connectivity index (χ0) is 25.3. The number of H-pyrrole nitrogens is 1. The maximum absolute atomic E-state index is 14.2. The summed E-state index contributed by atoms with van der Waals surface area (Å²) >= 11 is 0. The van der Waals surface area contributed by atoms with E-state index in [-0.39, 0.29) is 30.0 Å². The van der Waals surface area contributed by atoms with Gasteiger partial charge >= 0.3 is 5.97 Å². The number of carbonyl (C=O) groups excluding carboxylic acids is 3. The lowest BCUT2D eigenvalue weighted by Crippen LogP contribution is -2.29. The fourth-order valence-electron chi connectivity index (χ4n) is 4.40. The van der Waals surface area contributed by atoms with Crippen LogP contribution in [0.4, 0.5) is 4.39 Å². The molecule has 1 aliphatic rings. The minimum Gasteiger partial charge on any atom is -0.507 e. The molecule has 1 amide bonds. The highest BCUT2D eigenvalue weighted by molar-refractivity contribution is 6.46. The second kappa shape index (κ2) is 9.54. The Kier molecular flexibility index (Phi) is 6.50. The van der Waals surface area contributed by atoms with E-state index in [4.69, 9.17) is 4.74 Å². The molecule has 0 unspecified atom stereocenters. The number of nitrogens with one attached hydrogen (secondary N) is 1. The number of ether oxygens (including phenoxy) is 1. The van der Waals surface area contributed by atoms with E-state index in [9.17, 15) is 23.9 Å². The Bertz CT molecular complexity index is 1350. The monoisotopic (exact) mass is 477 g/mol. The zero-order valence-corrected chi connectivity index (χ0v) is 19.5. The third kappa shape index (κ3) is 4.32. The van der Waals surface area contributed by atoms with E-state index in [0.29, 0.717) is 22.4 Å². The Balaban J connectivity index is 1.90. The number of halogens is 1. The third-order valence-electron chi connectivity index (χ3n) is 5.93. The van der Waals surface area contributed by atoms with Crippen molar-refractivity contribution in [2.24, 2.45) is 0 Å². The lowest BCUT2D eigenvalue weighted by molar-refractivity contribution is -0.140. The number of hydrogen-bond donors (Lipinski definition) is 2. The number of amides is 1. The summed E-state index contributed by atoms with van der Waals surface area (Å²) in [5, 5.41) is 11.4. The molecule has 35 heavy (non-hydrogen) atoms. The molecule has 1 saturated heterocycles. The number of aryl methyl sites for hydroxylation is 1. The number of benzene rings is 1. The first-order valence-electron chi connectivity index (χ1n) is 11.0. The lowest BCUT2D eigenvalue weighted by Gasteiger charge is -2.25. The average molecular weight is 477 g/mol. The van der Waals surface area contributed by atoms with Crippen molar-refractivity contribution >= 4 is 23.4 Å². The standard InChI is InChI=1S/C26H24FN3O5/c1-4-35-26(34)21-14(2)19(15(3)29-21)23(31)20-22(17-8-5-9-18(27)11-17)30(25(33)24(20)32)13-16-7-6-10-28-12-16/h5-12,22,29,31H,4,13H2,1-3H3/b23-20+/t22-/m1/s1. The van der Waals surface area contributed by atoms with Crippen LogP contribution in [0.5, 0.6) is 0 Å². The Morgan fingerprint density at radius 1 is 1.23 bits per heavy atom. The molecule has 180 valence electrons. The Labute approximate surface area is 201 Å². The smallest absolute Gasteiger partial charge is 0.355 e. The molecule has 0 aliphatic carbocycles. The number of pyridine rings is 1. The SMILES string of the molecule is CCOC(=O)c1[nH]c(C)c(/C(O)=C2\C(=O)C(=O)N(Cc3cccnc3)[C@@H]2c2cccc(F)c2)c1C. The maximum Gasteiger partial charge on any atom is 0.355 e. The van der Waals surface area contributed by atoms with Crippen molar-refractivity contribution < 1.29 is 28.6 Å². The van der Waals surface area contributed by atoms with Gasteiger partial charge in [0.2, 0.25) is 0 Å². The normalized spacial score (nSPS) is 17.1. The molecule has 3 aromatic rings. The van der Waals surface area contributed by atoms with Crippen LogP contribution in [0.3, 0.4) is 0 Å². The van der Waals surface area contributed by atoms with Gasteiger partial charge in [-0.05, 0) is 55.7 Å². The largest absolute Gasteiger partial charge is 0.507 e. The topological polar surface area (TPSA) is 113 Å². The molecule has 1 aliphatic heterocycles. The van der Waals surface area contributed by atoms with E-state index < -0.39 is 35.3 Å². The summed E-state index contributed by atoms with van der Waals surface area (Å²) < 4.78 is 19.2. The molecule has 3 heterocycles. The maximum atomic E-state index is 14.2. The summed E-state index contributed by atoms with van der Waals surface area (Å²) in [6, 6.07) is 7.94. The predicted octanol–water partition coefficient (Wildman–Crippen LogP) is 3.96. The fraction of sp³-hybridized carbons (Fsp3) is 0.231. The Hall–Kier alpha value is -4.27. The first-order chi connectivity index (χ1) is 16.7. The highest BCUT2D eigenvalue weighted by atomic mass is 19.1. The zero-order valence-electron chi connectivity index (χ0n) is 19.5. The number of aliphatic hydroxyl groups excluding tert-OH is 1. The molecular formula is C26H24FN3O5. The lowest BCUT2D eigenvalue weighted by atomic mass is 9.94.